The summed E-state index contributed by atoms with van der Waals surface area (Å²) in [4.78, 5) is 0.248. The molecule has 0 saturated carbocycles. The van der Waals surface area contributed by atoms with E-state index in [0.29, 0.717) is 13.0 Å². The Labute approximate surface area is 125 Å². The van der Waals surface area contributed by atoms with Crippen LogP contribution in [0.15, 0.2) is 41.6 Å². The van der Waals surface area contributed by atoms with Gasteiger partial charge in [-0.25, -0.2) is 13.1 Å². The number of sulfonamides is 1. The Morgan fingerprint density at radius 1 is 1.33 bits per heavy atom. The molecule has 0 radical (unpaired) electrons. The van der Waals surface area contributed by atoms with Gasteiger partial charge in [-0.05, 0) is 36.6 Å². The summed E-state index contributed by atoms with van der Waals surface area (Å²) in [7, 11) is -1.66. The number of hydrogen-bond donors (Lipinski definition) is 2. The molecule has 1 aromatic heterocycles. The summed E-state index contributed by atoms with van der Waals surface area (Å²) in [5, 5.41) is 4.04. The Morgan fingerprint density at radius 2 is 2.00 bits per heavy atom. The van der Waals surface area contributed by atoms with Crippen LogP contribution in [0.3, 0.4) is 0 Å². The van der Waals surface area contributed by atoms with Gasteiger partial charge >= 0.3 is 0 Å². The Hall–Kier alpha value is -1.70. The summed E-state index contributed by atoms with van der Waals surface area (Å²) in [5.41, 5.74) is 7.65. The smallest absolute Gasteiger partial charge is 0.240 e. The molecule has 0 amide bonds. The molecule has 0 fully saturated rings. The first kappa shape index (κ1) is 15.7. The van der Waals surface area contributed by atoms with Crippen LogP contribution in [0.2, 0.25) is 0 Å². The van der Waals surface area contributed by atoms with Crippen molar-refractivity contribution in [3.63, 3.8) is 0 Å². The Bertz CT molecular complexity index is 690. The van der Waals surface area contributed by atoms with Gasteiger partial charge in [-0.3, -0.25) is 4.68 Å². The molecular formula is C14H20N4O2S. The molecule has 114 valence electrons. The topological polar surface area (TPSA) is 90.0 Å². The molecule has 2 aromatic rings. The van der Waals surface area contributed by atoms with Crippen LogP contribution in [0.5, 0.6) is 0 Å². The van der Waals surface area contributed by atoms with Crippen LogP contribution < -0.4 is 10.5 Å². The maximum atomic E-state index is 12.1. The summed E-state index contributed by atoms with van der Waals surface area (Å²) in [6.07, 6.45) is 4.20. The summed E-state index contributed by atoms with van der Waals surface area (Å²) < 4.78 is 28.6. The minimum absolute atomic E-state index is 0.111. The SMILES string of the molecule is CC(N)c1ccc(S(=O)(=O)NCCc2cnn(C)c2)cc1. The monoisotopic (exact) mass is 308 g/mol. The summed E-state index contributed by atoms with van der Waals surface area (Å²) in [5.74, 6) is 0. The molecule has 1 atom stereocenters. The molecular weight excluding hydrogens is 288 g/mol. The minimum atomic E-state index is -3.48. The van der Waals surface area contributed by atoms with Crippen LogP contribution in [0.1, 0.15) is 24.1 Å². The van der Waals surface area contributed by atoms with E-state index >= 15 is 0 Å². The Balaban J connectivity index is 1.97. The highest BCUT2D eigenvalue weighted by atomic mass is 32.2. The van der Waals surface area contributed by atoms with Gasteiger partial charge in [0, 0.05) is 25.8 Å². The zero-order valence-electron chi connectivity index (χ0n) is 12.2. The maximum absolute atomic E-state index is 12.1. The molecule has 3 N–H and O–H groups in total. The van der Waals surface area contributed by atoms with E-state index in [1.54, 1.807) is 35.1 Å². The maximum Gasteiger partial charge on any atom is 0.240 e. The van der Waals surface area contributed by atoms with Crippen molar-refractivity contribution in [2.75, 3.05) is 6.54 Å². The van der Waals surface area contributed by atoms with Crippen molar-refractivity contribution >= 4 is 10.0 Å². The number of benzene rings is 1. The van der Waals surface area contributed by atoms with Gasteiger partial charge in [0.2, 0.25) is 10.0 Å². The van der Waals surface area contributed by atoms with Crippen molar-refractivity contribution in [1.29, 1.82) is 0 Å². The third-order valence-electron chi connectivity index (χ3n) is 3.18. The fourth-order valence-electron chi connectivity index (χ4n) is 1.96. The van der Waals surface area contributed by atoms with Crippen molar-refractivity contribution < 1.29 is 8.42 Å². The number of rotatable bonds is 6. The van der Waals surface area contributed by atoms with Crippen LogP contribution in [0, 0.1) is 0 Å². The van der Waals surface area contributed by atoms with Crippen molar-refractivity contribution in [1.82, 2.24) is 14.5 Å². The molecule has 1 unspecified atom stereocenters. The fraction of sp³-hybridized carbons (Fsp3) is 0.357. The molecule has 6 nitrogen and oxygen atoms in total. The Morgan fingerprint density at radius 3 is 2.52 bits per heavy atom. The highest BCUT2D eigenvalue weighted by Gasteiger charge is 2.13. The van der Waals surface area contributed by atoms with Crippen molar-refractivity contribution in [3.05, 3.63) is 47.8 Å². The van der Waals surface area contributed by atoms with Crippen molar-refractivity contribution in [2.24, 2.45) is 12.8 Å². The minimum Gasteiger partial charge on any atom is -0.324 e. The van der Waals surface area contributed by atoms with E-state index in [1.807, 2.05) is 20.2 Å². The molecule has 0 aliphatic rings. The van der Waals surface area contributed by atoms with Crippen LogP contribution in [-0.2, 0) is 23.5 Å². The zero-order chi connectivity index (χ0) is 15.5. The molecule has 0 spiro atoms. The van der Waals surface area contributed by atoms with Gasteiger partial charge in [0.15, 0.2) is 0 Å². The number of aromatic nitrogens is 2. The molecule has 2 rings (SSSR count). The van der Waals surface area contributed by atoms with Crippen LogP contribution >= 0.6 is 0 Å². The standard InChI is InChI=1S/C14H20N4O2S/c1-11(15)13-3-5-14(6-4-13)21(19,20)17-8-7-12-9-16-18(2)10-12/h3-6,9-11,17H,7-8,15H2,1-2H3. The molecule has 0 aliphatic carbocycles. The zero-order valence-corrected chi connectivity index (χ0v) is 13.0. The van der Waals surface area contributed by atoms with E-state index < -0.39 is 10.0 Å². The van der Waals surface area contributed by atoms with Gasteiger partial charge in [-0.15, -0.1) is 0 Å². The first-order chi connectivity index (χ1) is 9.88. The van der Waals surface area contributed by atoms with Crippen LogP contribution in [0.4, 0.5) is 0 Å². The highest BCUT2D eigenvalue weighted by molar-refractivity contribution is 7.89. The molecule has 21 heavy (non-hydrogen) atoms. The van der Waals surface area contributed by atoms with Crippen molar-refractivity contribution in [2.45, 2.75) is 24.3 Å². The van der Waals surface area contributed by atoms with Crippen LogP contribution in [-0.4, -0.2) is 24.7 Å². The third kappa shape index (κ3) is 4.13. The van der Waals surface area contributed by atoms with Crippen molar-refractivity contribution in [3.8, 4) is 0 Å². The lowest BCUT2D eigenvalue weighted by atomic mass is 10.1. The molecule has 0 bridgehead atoms. The first-order valence-corrected chi connectivity index (χ1v) is 8.19. The largest absolute Gasteiger partial charge is 0.324 e. The van der Waals surface area contributed by atoms with E-state index in [4.69, 9.17) is 5.73 Å². The number of nitrogens with one attached hydrogen (secondary N) is 1. The van der Waals surface area contributed by atoms with Crippen LogP contribution in [0.25, 0.3) is 0 Å². The van der Waals surface area contributed by atoms with Gasteiger partial charge in [0.1, 0.15) is 0 Å². The summed E-state index contributed by atoms with van der Waals surface area (Å²) in [6.45, 7) is 2.19. The van der Waals surface area contributed by atoms with Gasteiger partial charge < -0.3 is 5.73 Å². The van der Waals surface area contributed by atoms with E-state index in [2.05, 4.69) is 9.82 Å². The van der Waals surface area contributed by atoms with Gasteiger partial charge in [-0.2, -0.15) is 5.10 Å². The fourth-order valence-corrected chi connectivity index (χ4v) is 3.00. The van der Waals surface area contributed by atoms with Gasteiger partial charge in [0.25, 0.3) is 0 Å². The second-order valence-electron chi connectivity index (χ2n) is 5.03. The second kappa shape index (κ2) is 6.38. The predicted molar refractivity (Wildman–Crippen MR) is 81.1 cm³/mol. The first-order valence-electron chi connectivity index (χ1n) is 6.71. The number of nitrogens with zero attached hydrogens (tertiary/aromatic N) is 2. The number of hydrogen-bond acceptors (Lipinski definition) is 4. The number of nitrogens with two attached hydrogens (primary N) is 1. The molecule has 0 saturated heterocycles. The molecule has 7 heteroatoms. The lowest BCUT2D eigenvalue weighted by molar-refractivity contribution is 0.581. The lowest BCUT2D eigenvalue weighted by Crippen LogP contribution is -2.26. The molecule has 1 heterocycles. The predicted octanol–water partition coefficient (Wildman–Crippen LogP) is 0.961. The highest BCUT2D eigenvalue weighted by Crippen LogP contribution is 2.14. The number of aryl methyl sites for hydroxylation is 1. The van der Waals surface area contributed by atoms with E-state index in [1.165, 1.54) is 0 Å². The summed E-state index contributed by atoms with van der Waals surface area (Å²) >= 11 is 0. The molecule has 1 aromatic carbocycles. The lowest BCUT2D eigenvalue weighted by Gasteiger charge is -2.09. The van der Waals surface area contributed by atoms with E-state index in [-0.39, 0.29) is 10.9 Å². The van der Waals surface area contributed by atoms with Gasteiger partial charge in [0.05, 0.1) is 11.1 Å². The van der Waals surface area contributed by atoms with E-state index in [9.17, 15) is 8.42 Å². The average molecular weight is 308 g/mol. The van der Waals surface area contributed by atoms with Gasteiger partial charge in [-0.1, -0.05) is 12.1 Å². The molecule has 0 aliphatic heterocycles. The summed E-state index contributed by atoms with van der Waals surface area (Å²) in [6, 6.07) is 6.51. The van der Waals surface area contributed by atoms with E-state index in [0.717, 1.165) is 11.1 Å². The Kier molecular flexibility index (Phi) is 4.76. The third-order valence-corrected chi connectivity index (χ3v) is 4.66. The normalized spacial score (nSPS) is 13.3. The second-order valence-corrected chi connectivity index (χ2v) is 6.79. The quantitative estimate of drug-likeness (QED) is 0.831. The average Bonchev–Trinajstić information content (AvgIpc) is 2.84.